The van der Waals surface area contributed by atoms with Gasteiger partial charge in [0.25, 0.3) is 0 Å². The maximum atomic E-state index is 5.63. The summed E-state index contributed by atoms with van der Waals surface area (Å²) in [5.41, 5.74) is 1.03. The van der Waals surface area contributed by atoms with Crippen molar-refractivity contribution >= 4 is 17.3 Å². The molecular weight excluding hydrogens is 210 g/mol. The Morgan fingerprint density at radius 1 is 1.73 bits per heavy atom. The third-order valence-electron chi connectivity index (χ3n) is 2.34. The van der Waals surface area contributed by atoms with Gasteiger partial charge < -0.3 is 15.0 Å². The van der Waals surface area contributed by atoms with E-state index in [1.165, 1.54) is 0 Å². The van der Waals surface area contributed by atoms with Crippen molar-refractivity contribution in [2.45, 2.75) is 6.23 Å². The van der Waals surface area contributed by atoms with Gasteiger partial charge in [0.05, 0.1) is 6.61 Å². The fraction of sp³-hybridized carbons (Fsp3) is 0.400. The molecule has 1 fully saturated rings. The number of hydrogen-bond donors (Lipinski definition) is 1. The van der Waals surface area contributed by atoms with E-state index in [0.717, 1.165) is 12.1 Å². The highest BCUT2D eigenvalue weighted by Gasteiger charge is 2.28. The number of pyridine rings is 1. The molecule has 1 aromatic heterocycles. The predicted molar refractivity (Wildman–Crippen MR) is 61.3 cm³/mol. The van der Waals surface area contributed by atoms with Crippen LogP contribution in [0, 0.1) is 0 Å². The van der Waals surface area contributed by atoms with Crippen LogP contribution >= 0.6 is 12.2 Å². The maximum absolute atomic E-state index is 5.63. The molecule has 0 amide bonds. The summed E-state index contributed by atoms with van der Waals surface area (Å²) < 4.78 is 5.63. The minimum absolute atomic E-state index is 0.0985. The van der Waals surface area contributed by atoms with Crippen molar-refractivity contribution in [3.63, 3.8) is 0 Å². The molecule has 0 aliphatic carbocycles. The molecule has 80 valence electrons. The Bertz CT molecular complexity index is 344. The summed E-state index contributed by atoms with van der Waals surface area (Å²) >= 11 is 5.21. The van der Waals surface area contributed by atoms with Crippen molar-refractivity contribution in [3.8, 4) is 0 Å². The molecule has 1 aliphatic rings. The lowest BCUT2D eigenvalue weighted by molar-refractivity contribution is 0.0628. The average molecular weight is 223 g/mol. The first kappa shape index (κ1) is 10.3. The fourth-order valence-electron chi connectivity index (χ4n) is 1.62. The van der Waals surface area contributed by atoms with Crippen molar-refractivity contribution in [2.75, 3.05) is 20.2 Å². The summed E-state index contributed by atoms with van der Waals surface area (Å²) in [7, 11) is 1.82. The van der Waals surface area contributed by atoms with Gasteiger partial charge in [-0.05, 0) is 18.3 Å². The number of rotatable bonds is 1. The SMILES string of the molecule is CNC(=S)N1CCOC1c1cccnc1. The quantitative estimate of drug-likeness (QED) is 0.716. The van der Waals surface area contributed by atoms with E-state index in [9.17, 15) is 0 Å². The Labute approximate surface area is 94.3 Å². The van der Waals surface area contributed by atoms with E-state index in [1.54, 1.807) is 12.4 Å². The number of nitrogens with one attached hydrogen (secondary N) is 1. The third kappa shape index (κ3) is 2.08. The van der Waals surface area contributed by atoms with Crippen molar-refractivity contribution in [2.24, 2.45) is 0 Å². The standard InChI is InChI=1S/C10H13N3OS/c1-11-10(15)13-5-6-14-9(13)8-3-2-4-12-7-8/h2-4,7,9H,5-6H2,1H3,(H,11,15). The lowest BCUT2D eigenvalue weighted by Gasteiger charge is -2.24. The summed E-state index contributed by atoms with van der Waals surface area (Å²) in [5.74, 6) is 0. The third-order valence-corrected chi connectivity index (χ3v) is 2.77. The van der Waals surface area contributed by atoms with Gasteiger partial charge in [-0.25, -0.2) is 0 Å². The van der Waals surface area contributed by atoms with Crippen LogP contribution < -0.4 is 5.32 Å². The van der Waals surface area contributed by atoms with Gasteiger partial charge in [0.15, 0.2) is 11.3 Å². The second kappa shape index (κ2) is 4.55. The molecule has 0 saturated carbocycles. The van der Waals surface area contributed by atoms with Gasteiger partial charge in [-0.2, -0.15) is 0 Å². The van der Waals surface area contributed by atoms with E-state index in [1.807, 2.05) is 24.1 Å². The largest absolute Gasteiger partial charge is 0.366 e. The van der Waals surface area contributed by atoms with E-state index in [4.69, 9.17) is 17.0 Å². The van der Waals surface area contributed by atoms with Crippen LogP contribution in [0.2, 0.25) is 0 Å². The lowest BCUT2D eigenvalue weighted by Crippen LogP contribution is -2.37. The van der Waals surface area contributed by atoms with Crippen LogP contribution in [-0.2, 0) is 4.74 Å². The number of hydrogen-bond acceptors (Lipinski definition) is 3. The zero-order valence-electron chi connectivity index (χ0n) is 8.51. The van der Waals surface area contributed by atoms with Crippen LogP contribution in [0.5, 0.6) is 0 Å². The van der Waals surface area contributed by atoms with Crippen molar-refractivity contribution < 1.29 is 4.74 Å². The van der Waals surface area contributed by atoms with Gasteiger partial charge in [-0.3, -0.25) is 4.98 Å². The van der Waals surface area contributed by atoms with E-state index < -0.39 is 0 Å². The molecule has 0 spiro atoms. The summed E-state index contributed by atoms with van der Waals surface area (Å²) in [6, 6.07) is 3.89. The minimum atomic E-state index is -0.0985. The van der Waals surface area contributed by atoms with Gasteiger partial charge in [-0.1, -0.05) is 6.07 Å². The molecule has 1 aliphatic heterocycles. The number of aromatic nitrogens is 1. The second-order valence-electron chi connectivity index (χ2n) is 3.26. The van der Waals surface area contributed by atoms with Crippen LogP contribution in [0.15, 0.2) is 24.5 Å². The highest BCUT2D eigenvalue weighted by molar-refractivity contribution is 7.80. The van der Waals surface area contributed by atoms with Gasteiger partial charge in [-0.15, -0.1) is 0 Å². The Morgan fingerprint density at radius 3 is 3.27 bits per heavy atom. The van der Waals surface area contributed by atoms with Crippen LogP contribution in [0.1, 0.15) is 11.8 Å². The topological polar surface area (TPSA) is 37.4 Å². The van der Waals surface area contributed by atoms with Gasteiger partial charge >= 0.3 is 0 Å². The second-order valence-corrected chi connectivity index (χ2v) is 3.64. The smallest absolute Gasteiger partial charge is 0.171 e. The number of nitrogens with zero attached hydrogens (tertiary/aromatic N) is 2. The van der Waals surface area contributed by atoms with Gasteiger partial charge in [0.1, 0.15) is 0 Å². The van der Waals surface area contributed by atoms with E-state index in [2.05, 4.69) is 10.3 Å². The Hall–Kier alpha value is -1.20. The predicted octanol–water partition coefficient (Wildman–Crippen LogP) is 0.917. The van der Waals surface area contributed by atoms with Crippen LogP contribution in [0.25, 0.3) is 0 Å². The average Bonchev–Trinajstić information content (AvgIpc) is 2.78. The molecule has 15 heavy (non-hydrogen) atoms. The molecule has 1 aromatic rings. The van der Waals surface area contributed by atoms with Crippen LogP contribution in [-0.4, -0.2) is 35.2 Å². The molecule has 1 N–H and O–H groups in total. The number of ether oxygens (including phenoxy) is 1. The summed E-state index contributed by atoms with van der Waals surface area (Å²) in [6.45, 7) is 1.51. The highest BCUT2D eigenvalue weighted by atomic mass is 32.1. The first-order chi connectivity index (χ1) is 7.33. The highest BCUT2D eigenvalue weighted by Crippen LogP contribution is 2.25. The van der Waals surface area contributed by atoms with E-state index in [-0.39, 0.29) is 6.23 Å². The zero-order chi connectivity index (χ0) is 10.7. The zero-order valence-corrected chi connectivity index (χ0v) is 9.33. The fourth-order valence-corrected chi connectivity index (χ4v) is 1.81. The summed E-state index contributed by atoms with van der Waals surface area (Å²) in [4.78, 5) is 6.10. The summed E-state index contributed by atoms with van der Waals surface area (Å²) in [6.07, 6.45) is 3.46. The molecule has 1 atom stereocenters. The Balaban J connectivity index is 2.18. The normalized spacial score (nSPS) is 20.3. The first-order valence-corrected chi connectivity index (χ1v) is 5.23. The first-order valence-electron chi connectivity index (χ1n) is 4.83. The van der Waals surface area contributed by atoms with Crippen molar-refractivity contribution in [1.29, 1.82) is 0 Å². The molecule has 2 heterocycles. The van der Waals surface area contributed by atoms with Gasteiger partial charge in [0.2, 0.25) is 0 Å². The number of thiocarbonyl (C=S) groups is 1. The monoisotopic (exact) mass is 223 g/mol. The maximum Gasteiger partial charge on any atom is 0.171 e. The van der Waals surface area contributed by atoms with E-state index in [0.29, 0.717) is 11.7 Å². The molecular formula is C10H13N3OS. The minimum Gasteiger partial charge on any atom is -0.366 e. The Kier molecular flexibility index (Phi) is 3.13. The van der Waals surface area contributed by atoms with Crippen molar-refractivity contribution in [3.05, 3.63) is 30.1 Å². The molecule has 1 saturated heterocycles. The summed E-state index contributed by atoms with van der Waals surface area (Å²) in [5, 5.41) is 3.67. The molecule has 0 radical (unpaired) electrons. The lowest BCUT2D eigenvalue weighted by atomic mass is 10.2. The molecule has 0 bridgehead atoms. The molecule has 5 heteroatoms. The van der Waals surface area contributed by atoms with Crippen molar-refractivity contribution in [1.82, 2.24) is 15.2 Å². The molecule has 1 unspecified atom stereocenters. The van der Waals surface area contributed by atoms with Gasteiger partial charge in [0, 0.05) is 31.5 Å². The van der Waals surface area contributed by atoms with Crippen LogP contribution in [0.4, 0.5) is 0 Å². The molecule has 0 aromatic carbocycles. The Morgan fingerprint density at radius 2 is 2.60 bits per heavy atom. The van der Waals surface area contributed by atoms with E-state index >= 15 is 0 Å². The molecule has 2 rings (SSSR count). The molecule has 4 nitrogen and oxygen atoms in total. The van der Waals surface area contributed by atoms with Crippen LogP contribution in [0.3, 0.4) is 0 Å².